The van der Waals surface area contributed by atoms with E-state index < -0.39 is 19.0 Å². The van der Waals surface area contributed by atoms with E-state index in [1.165, 1.54) is 0 Å². The molecule has 2 radical (unpaired) electrons. The summed E-state index contributed by atoms with van der Waals surface area (Å²) in [5.41, 5.74) is 0. The molecule has 7 heteroatoms. The third-order valence-corrected chi connectivity index (χ3v) is 3.39. The van der Waals surface area contributed by atoms with E-state index in [9.17, 15) is 9.90 Å². The van der Waals surface area contributed by atoms with Gasteiger partial charge in [-0.2, -0.15) is 0 Å². The Balaban J connectivity index is 1.99. The van der Waals surface area contributed by atoms with Gasteiger partial charge in [0.15, 0.2) is 6.29 Å². The van der Waals surface area contributed by atoms with Gasteiger partial charge in [0.25, 0.3) is 0 Å². The fraction of sp³-hybridized carbons (Fsp3) is 0.909. The monoisotopic (exact) mass is 277 g/mol. The molecule has 3 unspecified atom stereocenters. The number of carbonyl (C=O) groups excluding carboxylic acids is 1. The Morgan fingerprint density at radius 1 is 1.72 bits per heavy atom. The molecule has 0 aromatic heterocycles. The molecule has 1 amide bonds. The van der Waals surface area contributed by atoms with Gasteiger partial charge in [-0.1, -0.05) is 0 Å². The molecule has 0 aromatic carbocycles. The molecule has 0 saturated carbocycles. The number of ether oxygens (including phenoxy) is 2. The van der Waals surface area contributed by atoms with Crippen molar-refractivity contribution in [1.82, 2.24) is 5.32 Å². The Bertz CT molecular complexity index is 271. The van der Waals surface area contributed by atoms with Gasteiger partial charge in [-0.3, -0.25) is 4.79 Å². The first-order valence-corrected chi connectivity index (χ1v) is 7.23. The molecule has 1 saturated heterocycles. The van der Waals surface area contributed by atoms with E-state index in [2.05, 4.69) is 5.32 Å². The van der Waals surface area contributed by atoms with Crippen molar-refractivity contribution in [1.29, 1.82) is 0 Å². The molecule has 3 atom stereocenters. The molecule has 1 fully saturated rings. The topological polar surface area (TPSA) is 77.0 Å². The van der Waals surface area contributed by atoms with Crippen LogP contribution in [-0.4, -0.2) is 59.5 Å². The summed E-state index contributed by atoms with van der Waals surface area (Å²) in [4.78, 5) is 11.4. The van der Waals surface area contributed by atoms with Gasteiger partial charge in [-0.05, 0) is 19.4 Å². The van der Waals surface area contributed by atoms with Crippen molar-refractivity contribution in [3.05, 3.63) is 0 Å². The molecule has 2 N–H and O–H groups in total. The van der Waals surface area contributed by atoms with Crippen LogP contribution < -0.4 is 5.32 Å². The third kappa shape index (κ3) is 6.46. The predicted octanol–water partition coefficient (Wildman–Crippen LogP) is -0.309. The van der Waals surface area contributed by atoms with Crippen molar-refractivity contribution < 1.29 is 25.2 Å². The lowest BCUT2D eigenvalue weighted by atomic mass is 10.3. The van der Waals surface area contributed by atoms with E-state index in [0.29, 0.717) is 16.3 Å². The summed E-state index contributed by atoms with van der Waals surface area (Å²) in [6.07, 6.45) is -0.548. The van der Waals surface area contributed by atoms with Gasteiger partial charge in [0.1, 0.15) is 12.7 Å². The van der Waals surface area contributed by atoms with Gasteiger partial charge in [-0.15, -0.1) is 0 Å². The van der Waals surface area contributed by atoms with Crippen LogP contribution in [0.25, 0.3) is 0 Å². The van der Waals surface area contributed by atoms with Crippen molar-refractivity contribution in [3.8, 4) is 0 Å². The van der Waals surface area contributed by atoms with E-state index in [0.717, 1.165) is 19.1 Å². The first-order valence-electron chi connectivity index (χ1n) is 6.70. The number of hydrogen-bond acceptors (Lipinski definition) is 5. The third-order valence-electron chi connectivity index (χ3n) is 2.33. The highest BCUT2D eigenvalue weighted by molar-refractivity contribution is 6.26. The van der Waals surface area contributed by atoms with Crippen LogP contribution in [0, 0.1) is 0 Å². The molecule has 0 spiro atoms. The Labute approximate surface area is 111 Å². The van der Waals surface area contributed by atoms with E-state index in [-0.39, 0.29) is 18.9 Å². The summed E-state index contributed by atoms with van der Waals surface area (Å²) in [6.45, 7) is 2.37. The van der Waals surface area contributed by atoms with Gasteiger partial charge < -0.3 is 24.3 Å². The minimum Gasteiger partial charge on any atom is -0.418 e. The largest absolute Gasteiger partial charge is 0.418 e. The van der Waals surface area contributed by atoms with Gasteiger partial charge in [-0.25, -0.2) is 0 Å². The van der Waals surface area contributed by atoms with Crippen LogP contribution in [0.2, 0.25) is 6.04 Å². The van der Waals surface area contributed by atoms with E-state index in [1.807, 2.05) is 6.92 Å². The normalized spacial score (nSPS) is 28.1. The van der Waals surface area contributed by atoms with Crippen molar-refractivity contribution in [2.24, 2.45) is 0 Å². The van der Waals surface area contributed by atoms with Crippen LogP contribution >= 0.6 is 0 Å². The van der Waals surface area contributed by atoms with Crippen LogP contribution in [-0.2, 0) is 18.7 Å². The fourth-order valence-corrected chi connectivity index (χ4v) is 2.07. The minimum absolute atomic E-state index is 0.119. The lowest BCUT2D eigenvalue weighted by Gasteiger charge is -2.13. The van der Waals surface area contributed by atoms with Crippen molar-refractivity contribution in [2.45, 2.75) is 38.2 Å². The highest BCUT2D eigenvalue weighted by Gasteiger charge is 2.27. The smallest absolute Gasteiger partial charge is 0.246 e. The quantitative estimate of drug-likeness (QED) is 0.446. The number of aliphatic hydroxyl groups excluding tert-OH is 1. The molecule has 0 aromatic rings. The molecule has 0 bridgehead atoms. The van der Waals surface area contributed by atoms with Gasteiger partial charge in [0.2, 0.25) is 15.7 Å². The maximum Gasteiger partial charge on any atom is 0.246 e. The summed E-state index contributed by atoms with van der Waals surface area (Å²) in [6, 6.07) is 0.935. The summed E-state index contributed by atoms with van der Waals surface area (Å²) < 4.78 is 22.5. The first-order chi connectivity index (χ1) is 9.13. The van der Waals surface area contributed by atoms with Gasteiger partial charge in [0, 0.05) is 19.6 Å². The van der Waals surface area contributed by atoms with E-state index in [1.54, 1.807) is 0 Å². The number of aliphatic hydroxyl groups is 1. The molecule has 1 rings (SSSR count). The number of amides is 1. The zero-order valence-electron chi connectivity index (χ0n) is 11.6. The standard InChI is InChI=1S/C11H21NO5Si/c1-2-17-18-7-3-5-12-10(13)8-16-9-4-6-15-11(9)14/h9,11,14H,2-8H2,1H3,(H,12,13)/i6T. The van der Waals surface area contributed by atoms with Crippen molar-refractivity contribution >= 4 is 15.7 Å². The second kappa shape index (κ2) is 9.46. The van der Waals surface area contributed by atoms with Crippen LogP contribution in [0.1, 0.15) is 21.1 Å². The lowest BCUT2D eigenvalue weighted by Crippen LogP contribution is -2.33. The SMILES string of the molecule is [3H]C1CC(OCC(=O)NCCC[Si]OCC)C(O)O1. The summed E-state index contributed by atoms with van der Waals surface area (Å²) in [7, 11) is 0.482. The number of nitrogens with one attached hydrogen (secondary N) is 1. The molecule has 1 aliphatic rings. The Morgan fingerprint density at radius 2 is 2.56 bits per heavy atom. The highest BCUT2D eigenvalue weighted by Crippen LogP contribution is 2.14. The summed E-state index contributed by atoms with van der Waals surface area (Å²) in [5.74, 6) is -0.222. The van der Waals surface area contributed by atoms with Crippen LogP contribution in [0.3, 0.4) is 0 Å². The first kappa shape index (κ1) is 13.9. The number of hydrogen-bond donors (Lipinski definition) is 2. The molecular weight excluding hydrogens is 254 g/mol. The summed E-state index contributed by atoms with van der Waals surface area (Å²) >= 11 is 0. The average molecular weight is 277 g/mol. The Kier molecular flexibility index (Phi) is 7.33. The Hall–Kier alpha value is -0.473. The fourth-order valence-electron chi connectivity index (χ4n) is 1.40. The zero-order valence-corrected chi connectivity index (χ0v) is 11.6. The Morgan fingerprint density at radius 3 is 3.22 bits per heavy atom. The van der Waals surface area contributed by atoms with Crippen LogP contribution in [0.5, 0.6) is 0 Å². The van der Waals surface area contributed by atoms with E-state index in [4.69, 9.17) is 15.3 Å². The number of rotatable bonds is 9. The molecule has 0 aliphatic carbocycles. The maximum absolute atomic E-state index is 11.4. The van der Waals surface area contributed by atoms with Crippen molar-refractivity contribution in [2.75, 3.05) is 26.3 Å². The molecule has 18 heavy (non-hydrogen) atoms. The van der Waals surface area contributed by atoms with Crippen LogP contribution in [0.15, 0.2) is 0 Å². The minimum atomic E-state index is -1.11. The molecule has 104 valence electrons. The molecular formula is C11H21NO5Si. The van der Waals surface area contributed by atoms with E-state index >= 15 is 0 Å². The second-order valence-corrected chi connectivity index (χ2v) is 4.89. The number of carbonyl (C=O) groups is 1. The summed E-state index contributed by atoms with van der Waals surface area (Å²) in [5, 5.41) is 12.1. The molecule has 1 aliphatic heterocycles. The average Bonchev–Trinajstić information content (AvgIpc) is 2.69. The maximum atomic E-state index is 11.4. The zero-order chi connectivity index (χ0) is 14.1. The second-order valence-electron chi connectivity index (χ2n) is 3.81. The highest BCUT2D eigenvalue weighted by atomic mass is 28.2. The van der Waals surface area contributed by atoms with Gasteiger partial charge in [0.05, 0.1) is 7.95 Å². The predicted molar refractivity (Wildman–Crippen MR) is 66.1 cm³/mol. The van der Waals surface area contributed by atoms with Crippen LogP contribution in [0.4, 0.5) is 0 Å². The lowest BCUT2D eigenvalue weighted by molar-refractivity contribution is -0.143. The molecule has 6 nitrogen and oxygen atoms in total. The molecule has 1 heterocycles. The van der Waals surface area contributed by atoms with Gasteiger partial charge >= 0.3 is 0 Å². The van der Waals surface area contributed by atoms with Crippen molar-refractivity contribution in [3.63, 3.8) is 0 Å².